The van der Waals surface area contributed by atoms with E-state index in [4.69, 9.17) is 0 Å². The molecule has 0 bridgehead atoms. The Morgan fingerprint density at radius 1 is 1.21 bits per heavy atom. The standard InChI is InChI=1S/C14H11F2NO2/c1-8-11(16)3-2-4-12(8)17-14(19)10-6-5-9(15)7-13(10)18/h2-7,18H,1H3,(H,17,19). The molecule has 0 fully saturated rings. The van der Waals surface area contributed by atoms with E-state index < -0.39 is 23.3 Å². The number of phenolic OH excluding ortho intramolecular Hbond substituents is 1. The van der Waals surface area contributed by atoms with E-state index in [9.17, 15) is 18.7 Å². The zero-order valence-corrected chi connectivity index (χ0v) is 10.1. The lowest BCUT2D eigenvalue weighted by Crippen LogP contribution is -2.13. The molecule has 0 saturated heterocycles. The van der Waals surface area contributed by atoms with E-state index in [1.807, 2.05) is 0 Å². The van der Waals surface area contributed by atoms with Crippen LogP contribution in [0.15, 0.2) is 36.4 Å². The van der Waals surface area contributed by atoms with Gasteiger partial charge in [-0.2, -0.15) is 0 Å². The van der Waals surface area contributed by atoms with Gasteiger partial charge in [-0.25, -0.2) is 8.78 Å². The number of carbonyl (C=O) groups excluding carboxylic acids is 1. The summed E-state index contributed by atoms with van der Waals surface area (Å²) in [6, 6.07) is 7.34. The van der Waals surface area contributed by atoms with Crippen molar-refractivity contribution in [3.8, 4) is 5.75 Å². The van der Waals surface area contributed by atoms with Crippen molar-refractivity contribution in [2.45, 2.75) is 6.92 Å². The van der Waals surface area contributed by atoms with Gasteiger partial charge in [-0.15, -0.1) is 0 Å². The summed E-state index contributed by atoms with van der Waals surface area (Å²) in [6.45, 7) is 1.52. The van der Waals surface area contributed by atoms with Crippen LogP contribution in [0.4, 0.5) is 14.5 Å². The molecule has 0 unspecified atom stereocenters. The minimum atomic E-state index is -0.643. The fourth-order valence-corrected chi connectivity index (χ4v) is 1.63. The van der Waals surface area contributed by atoms with Crippen LogP contribution >= 0.6 is 0 Å². The maximum absolute atomic E-state index is 13.3. The van der Waals surface area contributed by atoms with Gasteiger partial charge in [0.15, 0.2) is 0 Å². The molecule has 2 aromatic rings. The fourth-order valence-electron chi connectivity index (χ4n) is 1.63. The molecule has 0 radical (unpaired) electrons. The van der Waals surface area contributed by atoms with E-state index in [2.05, 4.69) is 5.32 Å². The van der Waals surface area contributed by atoms with Crippen molar-refractivity contribution >= 4 is 11.6 Å². The predicted molar refractivity (Wildman–Crippen MR) is 67.2 cm³/mol. The number of benzene rings is 2. The molecule has 0 aliphatic carbocycles. The lowest BCUT2D eigenvalue weighted by Gasteiger charge is -2.09. The normalized spacial score (nSPS) is 10.3. The molecular weight excluding hydrogens is 252 g/mol. The molecule has 2 rings (SSSR count). The highest BCUT2D eigenvalue weighted by Gasteiger charge is 2.13. The summed E-state index contributed by atoms with van der Waals surface area (Å²) in [7, 11) is 0. The van der Waals surface area contributed by atoms with Crippen molar-refractivity contribution in [2.24, 2.45) is 0 Å². The Morgan fingerprint density at radius 2 is 1.95 bits per heavy atom. The number of nitrogens with one attached hydrogen (secondary N) is 1. The Morgan fingerprint density at radius 3 is 2.63 bits per heavy atom. The number of hydrogen-bond donors (Lipinski definition) is 2. The Hall–Kier alpha value is -2.43. The van der Waals surface area contributed by atoms with Crippen LogP contribution < -0.4 is 5.32 Å². The second-order valence-corrected chi connectivity index (χ2v) is 4.03. The van der Waals surface area contributed by atoms with Gasteiger partial charge in [-0.3, -0.25) is 4.79 Å². The lowest BCUT2D eigenvalue weighted by atomic mass is 10.1. The van der Waals surface area contributed by atoms with E-state index in [0.29, 0.717) is 5.69 Å². The van der Waals surface area contributed by atoms with E-state index in [1.165, 1.54) is 25.1 Å². The zero-order valence-electron chi connectivity index (χ0n) is 10.1. The molecule has 19 heavy (non-hydrogen) atoms. The number of aromatic hydroxyl groups is 1. The van der Waals surface area contributed by atoms with Gasteiger partial charge in [0, 0.05) is 17.3 Å². The molecule has 2 N–H and O–H groups in total. The number of carbonyl (C=O) groups is 1. The summed E-state index contributed by atoms with van der Waals surface area (Å²) in [4.78, 5) is 11.9. The predicted octanol–water partition coefficient (Wildman–Crippen LogP) is 3.23. The van der Waals surface area contributed by atoms with E-state index in [1.54, 1.807) is 0 Å². The molecule has 0 saturated carbocycles. The van der Waals surface area contributed by atoms with Crippen molar-refractivity contribution in [1.29, 1.82) is 0 Å². The summed E-state index contributed by atoms with van der Waals surface area (Å²) in [5, 5.41) is 12.0. The highest BCUT2D eigenvalue weighted by Crippen LogP contribution is 2.22. The minimum absolute atomic E-state index is 0.0786. The van der Waals surface area contributed by atoms with Gasteiger partial charge in [-0.1, -0.05) is 6.07 Å². The molecule has 5 heteroatoms. The van der Waals surface area contributed by atoms with Gasteiger partial charge in [0.05, 0.1) is 5.56 Å². The molecule has 3 nitrogen and oxygen atoms in total. The van der Waals surface area contributed by atoms with Crippen LogP contribution in [0.2, 0.25) is 0 Å². The minimum Gasteiger partial charge on any atom is -0.507 e. The van der Waals surface area contributed by atoms with Crippen LogP contribution in [0, 0.1) is 18.6 Å². The van der Waals surface area contributed by atoms with E-state index >= 15 is 0 Å². The lowest BCUT2D eigenvalue weighted by molar-refractivity contribution is 0.102. The Balaban J connectivity index is 2.28. The van der Waals surface area contributed by atoms with Gasteiger partial charge >= 0.3 is 0 Å². The van der Waals surface area contributed by atoms with Crippen LogP contribution in [0.5, 0.6) is 5.75 Å². The first-order valence-electron chi connectivity index (χ1n) is 5.54. The molecule has 0 aliphatic heterocycles. The molecule has 2 aromatic carbocycles. The number of rotatable bonds is 2. The highest BCUT2D eigenvalue weighted by atomic mass is 19.1. The number of phenols is 1. The Labute approximate surface area is 108 Å². The summed E-state index contributed by atoms with van der Waals surface area (Å²) in [5.74, 6) is -2.19. The average molecular weight is 263 g/mol. The quantitative estimate of drug-likeness (QED) is 0.873. The van der Waals surface area contributed by atoms with Crippen molar-refractivity contribution in [3.05, 3.63) is 59.2 Å². The molecular formula is C14H11F2NO2. The smallest absolute Gasteiger partial charge is 0.259 e. The van der Waals surface area contributed by atoms with Crippen LogP contribution in [-0.2, 0) is 0 Å². The van der Waals surface area contributed by atoms with Crippen LogP contribution in [0.25, 0.3) is 0 Å². The third kappa shape index (κ3) is 2.70. The van der Waals surface area contributed by atoms with Gasteiger partial charge in [0.1, 0.15) is 17.4 Å². The van der Waals surface area contributed by atoms with E-state index in [0.717, 1.165) is 18.2 Å². The van der Waals surface area contributed by atoms with Crippen molar-refractivity contribution in [2.75, 3.05) is 5.32 Å². The average Bonchev–Trinajstić information content (AvgIpc) is 2.34. The van der Waals surface area contributed by atoms with Gasteiger partial charge in [0.2, 0.25) is 0 Å². The molecule has 1 amide bonds. The van der Waals surface area contributed by atoms with Crippen LogP contribution in [0.3, 0.4) is 0 Å². The van der Waals surface area contributed by atoms with E-state index in [-0.39, 0.29) is 11.1 Å². The molecule has 0 atom stereocenters. The number of halogens is 2. The first kappa shape index (κ1) is 13.0. The van der Waals surface area contributed by atoms with Gasteiger partial charge in [-0.05, 0) is 31.2 Å². The maximum Gasteiger partial charge on any atom is 0.259 e. The first-order chi connectivity index (χ1) is 8.99. The third-order valence-corrected chi connectivity index (χ3v) is 2.72. The molecule has 0 spiro atoms. The number of hydrogen-bond acceptors (Lipinski definition) is 2. The SMILES string of the molecule is Cc1c(F)cccc1NC(=O)c1ccc(F)cc1O. The van der Waals surface area contributed by atoms with Gasteiger partial charge < -0.3 is 10.4 Å². The summed E-state index contributed by atoms with van der Waals surface area (Å²) >= 11 is 0. The Bertz CT molecular complexity index is 641. The van der Waals surface area contributed by atoms with Crippen LogP contribution in [0.1, 0.15) is 15.9 Å². The monoisotopic (exact) mass is 263 g/mol. The number of anilines is 1. The highest BCUT2D eigenvalue weighted by molar-refractivity contribution is 6.06. The van der Waals surface area contributed by atoms with Gasteiger partial charge in [0.25, 0.3) is 5.91 Å². The number of amides is 1. The second kappa shape index (κ2) is 5.06. The summed E-state index contributed by atoms with van der Waals surface area (Å²) in [5.41, 5.74) is 0.510. The molecule has 0 aromatic heterocycles. The topological polar surface area (TPSA) is 49.3 Å². The first-order valence-corrected chi connectivity index (χ1v) is 5.54. The second-order valence-electron chi connectivity index (χ2n) is 4.03. The Kier molecular flexibility index (Phi) is 3.46. The maximum atomic E-state index is 13.3. The largest absolute Gasteiger partial charge is 0.507 e. The summed E-state index contributed by atoms with van der Waals surface area (Å²) in [6.07, 6.45) is 0. The summed E-state index contributed by atoms with van der Waals surface area (Å²) < 4.78 is 26.1. The van der Waals surface area contributed by atoms with Crippen LogP contribution in [-0.4, -0.2) is 11.0 Å². The molecule has 0 aliphatic rings. The van der Waals surface area contributed by atoms with Crippen molar-refractivity contribution < 1.29 is 18.7 Å². The fraction of sp³-hybridized carbons (Fsp3) is 0.0714. The zero-order chi connectivity index (χ0) is 14.0. The molecule has 0 heterocycles. The van der Waals surface area contributed by atoms with Crippen molar-refractivity contribution in [3.63, 3.8) is 0 Å². The van der Waals surface area contributed by atoms with Crippen molar-refractivity contribution in [1.82, 2.24) is 0 Å². The molecule has 98 valence electrons. The third-order valence-electron chi connectivity index (χ3n) is 2.72.